The standard InChI is InChI=1S/C13H20ClNO2/c1-4-15-12(9-17-5-2)11-7-6-10(14)8-13(11)16-3/h6-8,12,15H,4-5,9H2,1-3H3. The lowest BCUT2D eigenvalue weighted by atomic mass is 10.1. The van der Waals surface area contributed by atoms with E-state index in [1.807, 2.05) is 25.1 Å². The number of ether oxygens (including phenoxy) is 2. The molecule has 0 fully saturated rings. The molecule has 0 heterocycles. The van der Waals surface area contributed by atoms with Gasteiger partial charge in [-0.3, -0.25) is 0 Å². The van der Waals surface area contributed by atoms with E-state index in [0.717, 1.165) is 17.9 Å². The molecule has 1 N–H and O–H groups in total. The van der Waals surface area contributed by atoms with Crippen LogP contribution in [-0.4, -0.2) is 26.9 Å². The second-order valence-corrected chi connectivity index (χ2v) is 4.09. The van der Waals surface area contributed by atoms with Crippen molar-refractivity contribution < 1.29 is 9.47 Å². The lowest BCUT2D eigenvalue weighted by Crippen LogP contribution is -2.25. The van der Waals surface area contributed by atoms with Crippen molar-refractivity contribution in [3.8, 4) is 5.75 Å². The molecule has 0 aliphatic heterocycles. The summed E-state index contributed by atoms with van der Waals surface area (Å²) >= 11 is 5.95. The molecule has 1 aromatic rings. The number of hydrogen-bond donors (Lipinski definition) is 1. The van der Waals surface area contributed by atoms with Crippen molar-refractivity contribution in [1.29, 1.82) is 0 Å². The third kappa shape index (κ3) is 4.19. The third-order valence-electron chi connectivity index (χ3n) is 2.51. The normalized spacial score (nSPS) is 12.5. The Morgan fingerprint density at radius 1 is 1.35 bits per heavy atom. The van der Waals surface area contributed by atoms with E-state index in [1.54, 1.807) is 7.11 Å². The molecule has 0 radical (unpaired) electrons. The average molecular weight is 258 g/mol. The highest BCUT2D eigenvalue weighted by atomic mass is 35.5. The van der Waals surface area contributed by atoms with E-state index in [-0.39, 0.29) is 6.04 Å². The molecule has 4 heteroatoms. The maximum absolute atomic E-state index is 5.95. The zero-order chi connectivity index (χ0) is 12.7. The van der Waals surface area contributed by atoms with Gasteiger partial charge in [0.1, 0.15) is 5.75 Å². The summed E-state index contributed by atoms with van der Waals surface area (Å²) in [5.41, 5.74) is 1.08. The Labute approximate surface area is 108 Å². The molecule has 0 saturated heterocycles. The van der Waals surface area contributed by atoms with Crippen LogP contribution in [0.5, 0.6) is 5.75 Å². The van der Waals surface area contributed by atoms with Gasteiger partial charge in [0, 0.05) is 17.2 Å². The van der Waals surface area contributed by atoms with Gasteiger partial charge in [0.25, 0.3) is 0 Å². The Bertz CT molecular complexity index is 344. The molecule has 0 aliphatic rings. The first-order valence-electron chi connectivity index (χ1n) is 5.87. The van der Waals surface area contributed by atoms with Crippen LogP contribution in [0.15, 0.2) is 18.2 Å². The molecule has 0 aliphatic carbocycles. The fraction of sp³-hybridized carbons (Fsp3) is 0.538. The second kappa shape index (κ2) is 7.54. The Morgan fingerprint density at radius 2 is 2.12 bits per heavy atom. The fourth-order valence-corrected chi connectivity index (χ4v) is 1.88. The van der Waals surface area contributed by atoms with E-state index in [9.17, 15) is 0 Å². The van der Waals surface area contributed by atoms with Crippen molar-refractivity contribution in [2.75, 3.05) is 26.9 Å². The van der Waals surface area contributed by atoms with Crippen LogP contribution in [0.1, 0.15) is 25.5 Å². The summed E-state index contributed by atoms with van der Waals surface area (Å²) in [7, 11) is 1.65. The van der Waals surface area contributed by atoms with Crippen LogP contribution in [0.25, 0.3) is 0 Å². The summed E-state index contributed by atoms with van der Waals surface area (Å²) in [5.74, 6) is 0.795. The summed E-state index contributed by atoms with van der Waals surface area (Å²) in [5, 5.41) is 4.06. The highest BCUT2D eigenvalue weighted by molar-refractivity contribution is 6.30. The van der Waals surface area contributed by atoms with E-state index in [4.69, 9.17) is 21.1 Å². The van der Waals surface area contributed by atoms with Crippen LogP contribution in [0.4, 0.5) is 0 Å². The van der Waals surface area contributed by atoms with Gasteiger partial charge in [0.05, 0.1) is 19.8 Å². The first-order valence-corrected chi connectivity index (χ1v) is 6.25. The van der Waals surface area contributed by atoms with Crippen molar-refractivity contribution >= 4 is 11.6 Å². The molecule has 0 bridgehead atoms. The van der Waals surface area contributed by atoms with Crippen LogP contribution in [-0.2, 0) is 4.74 Å². The fourth-order valence-electron chi connectivity index (χ4n) is 1.71. The highest BCUT2D eigenvalue weighted by Gasteiger charge is 2.15. The first-order chi connectivity index (χ1) is 8.22. The molecule has 1 rings (SSSR count). The lowest BCUT2D eigenvalue weighted by Gasteiger charge is -2.20. The van der Waals surface area contributed by atoms with E-state index in [0.29, 0.717) is 18.2 Å². The summed E-state index contributed by atoms with van der Waals surface area (Å²) in [6, 6.07) is 5.81. The molecular weight excluding hydrogens is 238 g/mol. The molecule has 1 aromatic carbocycles. The smallest absolute Gasteiger partial charge is 0.125 e. The number of benzene rings is 1. The van der Waals surface area contributed by atoms with Gasteiger partial charge in [-0.2, -0.15) is 0 Å². The number of rotatable bonds is 7. The van der Waals surface area contributed by atoms with Crippen molar-refractivity contribution in [3.05, 3.63) is 28.8 Å². The first kappa shape index (κ1) is 14.3. The lowest BCUT2D eigenvalue weighted by molar-refractivity contribution is 0.122. The van der Waals surface area contributed by atoms with Crippen molar-refractivity contribution in [3.63, 3.8) is 0 Å². The largest absolute Gasteiger partial charge is 0.496 e. The van der Waals surface area contributed by atoms with E-state index in [2.05, 4.69) is 12.2 Å². The van der Waals surface area contributed by atoms with Gasteiger partial charge in [0.15, 0.2) is 0 Å². The Hall–Kier alpha value is -0.770. The zero-order valence-corrected chi connectivity index (χ0v) is 11.4. The van der Waals surface area contributed by atoms with Gasteiger partial charge in [-0.1, -0.05) is 24.6 Å². The minimum absolute atomic E-state index is 0.132. The van der Waals surface area contributed by atoms with Crippen LogP contribution in [0.2, 0.25) is 5.02 Å². The SMILES string of the molecule is CCNC(COCC)c1ccc(Cl)cc1OC. The minimum Gasteiger partial charge on any atom is -0.496 e. The van der Waals surface area contributed by atoms with Gasteiger partial charge in [-0.15, -0.1) is 0 Å². The molecule has 96 valence electrons. The topological polar surface area (TPSA) is 30.5 Å². The number of likely N-dealkylation sites (N-methyl/N-ethyl adjacent to an activating group) is 1. The van der Waals surface area contributed by atoms with Gasteiger partial charge >= 0.3 is 0 Å². The van der Waals surface area contributed by atoms with Gasteiger partial charge in [-0.05, 0) is 25.6 Å². The Balaban J connectivity index is 2.91. The quantitative estimate of drug-likeness (QED) is 0.815. The second-order valence-electron chi connectivity index (χ2n) is 3.66. The number of hydrogen-bond acceptors (Lipinski definition) is 3. The van der Waals surface area contributed by atoms with Gasteiger partial charge in [-0.25, -0.2) is 0 Å². The molecule has 1 unspecified atom stereocenters. The van der Waals surface area contributed by atoms with Gasteiger partial charge in [0.2, 0.25) is 0 Å². The molecule has 17 heavy (non-hydrogen) atoms. The number of halogens is 1. The maximum atomic E-state index is 5.95. The third-order valence-corrected chi connectivity index (χ3v) is 2.75. The number of methoxy groups -OCH3 is 1. The summed E-state index contributed by atoms with van der Waals surface area (Å²) in [6.45, 7) is 6.27. The monoisotopic (exact) mass is 257 g/mol. The summed E-state index contributed by atoms with van der Waals surface area (Å²) in [6.07, 6.45) is 0. The van der Waals surface area contributed by atoms with Crippen LogP contribution in [0.3, 0.4) is 0 Å². The van der Waals surface area contributed by atoms with Gasteiger partial charge < -0.3 is 14.8 Å². The Morgan fingerprint density at radius 3 is 2.71 bits per heavy atom. The molecule has 0 amide bonds. The molecule has 1 atom stereocenters. The zero-order valence-electron chi connectivity index (χ0n) is 10.6. The molecular formula is C13H20ClNO2. The summed E-state index contributed by atoms with van der Waals surface area (Å²) < 4.78 is 10.8. The predicted octanol–water partition coefficient (Wildman–Crippen LogP) is 3.04. The molecule has 3 nitrogen and oxygen atoms in total. The van der Waals surface area contributed by atoms with Crippen LogP contribution >= 0.6 is 11.6 Å². The van der Waals surface area contributed by atoms with Crippen molar-refractivity contribution in [2.45, 2.75) is 19.9 Å². The average Bonchev–Trinajstić information content (AvgIpc) is 2.34. The summed E-state index contributed by atoms with van der Waals surface area (Å²) in [4.78, 5) is 0. The van der Waals surface area contributed by atoms with E-state index in [1.165, 1.54) is 0 Å². The molecule has 0 saturated carbocycles. The molecule has 0 aromatic heterocycles. The number of nitrogens with one attached hydrogen (secondary N) is 1. The van der Waals surface area contributed by atoms with Crippen LogP contribution < -0.4 is 10.1 Å². The molecule has 0 spiro atoms. The van der Waals surface area contributed by atoms with Crippen molar-refractivity contribution in [2.24, 2.45) is 0 Å². The highest BCUT2D eigenvalue weighted by Crippen LogP contribution is 2.28. The van der Waals surface area contributed by atoms with E-state index < -0.39 is 0 Å². The Kier molecular flexibility index (Phi) is 6.34. The minimum atomic E-state index is 0.132. The maximum Gasteiger partial charge on any atom is 0.125 e. The van der Waals surface area contributed by atoms with E-state index >= 15 is 0 Å². The predicted molar refractivity (Wildman–Crippen MR) is 70.9 cm³/mol. The van der Waals surface area contributed by atoms with Crippen molar-refractivity contribution in [1.82, 2.24) is 5.32 Å². The van der Waals surface area contributed by atoms with Crippen LogP contribution in [0, 0.1) is 0 Å².